The normalized spacial score (nSPS) is 9.44. The molecule has 4 nitrogen and oxygen atoms in total. The number of nitrogens with one attached hydrogen (secondary N) is 1. The predicted octanol–water partition coefficient (Wildman–Crippen LogP) is -0.339. The quantitative estimate of drug-likeness (QED) is 0.469. The van der Waals surface area contributed by atoms with E-state index in [2.05, 4.69) is 9.97 Å². The first-order valence-corrected chi connectivity index (χ1v) is 2.51. The highest BCUT2D eigenvalue weighted by Gasteiger charge is 1.90. The summed E-state index contributed by atoms with van der Waals surface area (Å²) >= 11 is 0. The van der Waals surface area contributed by atoms with Crippen LogP contribution in [-0.2, 0) is 0 Å². The Bertz CT molecular complexity index is 265. The molecule has 0 saturated carbocycles. The van der Waals surface area contributed by atoms with Crippen LogP contribution in [0.15, 0.2) is 11.0 Å². The maximum Gasteiger partial charge on any atom is 0.346 e. The molecule has 1 aromatic heterocycles. The summed E-state index contributed by atoms with van der Waals surface area (Å²) in [6.45, 7) is 1.78. The molecule has 1 heterocycles. The second kappa shape index (κ2) is 1.89. The van der Waals surface area contributed by atoms with Gasteiger partial charge in [0.2, 0.25) is 0 Å². The standard InChI is InChI=1S/C5H7N3O/c1-3-2-7-5(9)8-4(3)6/h2H,1H3,(H3,6,7,8,9)/i1+1,7+1,8+1. The van der Waals surface area contributed by atoms with E-state index in [0.29, 0.717) is 5.82 Å². The van der Waals surface area contributed by atoms with Crippen molar-refractivity contribution in [2.45, 2.75) is 6.92 Å². The van der Waals surface area contributed by atoms with E-state index in [0.717, 1.165) is 5.56 Å². The summed E-state index contributed by atoms with van der Waals surface area (Å²) in [7, 11) is 0. The summed E-state index contributed by atoms with van der Waals surface area (Å²) in [4.78, 5) is 16.2. The molecule has 1 rings (SSSR count). The number of hydrogen-bond donors (Lipinski definition) is 2. The lowest BCUT2D eigenvalue weighted by atomic mass is 10.5. The molecule has 48 valence electrons. The lowest BCUT2D eigenvalue weighted by molar-refractivity contribution is 1.06. The number of nitrogens with zero attached hydrogens (tertiary/aromatic N) is 1. The van der Waals surface area contributed by atoms with Gasteiger partial charge in [-0.2, -0.15) is 0 Å². The Hall–Kier alpha value is -1.32. The number of rotatable bonds is 0. The predicted molar refractivity (Wildman–Crippen MR) is 34.0 cm³/mol. The summed E-state index contributed by atoms with van der Waals surface area (Å²) in [5.41, 5.74) is 5.71. The Kier molecular flexibility index (Phi) is 1.22. The molecule has 9 heavy (non-hydrogen) atoms. The summed E-state index contributed by atoms with van der Waals surface area (Å²) in [6.07, 6.45) is 1.44. The van der Waals surface area contributed by atoms with Gasteiger partial charge in [0.25, 0.3) is 0 Å². The number of aromatic nitrogens is 2. The fraction of sp³-hybridized carbons (Fsp3) is 0.200. The highest BCUT2D eigenvalue weighted by atomic mass is 16.2. The van der Waals surface area contributed by atoms with Gasteiger partial charge in [-0.1, -0.05) is 0 Å². The lowest BCUT2D eigenvalue weighted by Gasteiger charge is -1.93. The number of nitrogen functional groups attached to an aromatic ring is 1. The van der Waals surface area contributed by atoms with Crippen molar-refractivity contribution in [3.8, 4) is 0 Å². The number of aromatic amines is 1. The minimum atomic E-state index is -0.405. The van der Waals surface area contributed by atoms with Crippen LogP contribution in [0.4, 0.5) is 5.82 Å². The molecule has 0 amide bonds. The maximum atomic E-state index is 10.4. The lowest BCUT2D eigenvalue weighted by Crippen LogP contribution is -2.12. The first-order valence-electron chi connectivity index (χ1n) is 2.51. The Morgan fingerprint density at radius 1 is 1.78 bits per heavy atom. The summed E-state index contributed by atoms with van der Waals surface area (Å²) in [5.74, 6) is 0.384. The van der Waals surface area contributed by atoms with E-state index in [9.17, 15) is 4.79 Å². The molecule has 0 unspecified atom stereocenters. The van der Waals surface area contributed by atoms with Gasteiger partial charge in [0, 0.05) is 11.8 Å². The molecule has 0 bridgehead atoms. The van der Waals surface area contributed by atoms with Crippen LogP contribution in [0.25, 0.3) is 0 Å². The van der Waals surface area contributed by atoms with Crippen LogP contribution in [0.2, 0.25) is 0 Å². The Morgan fingerprint density at radius 3 is 2.89 bits per heavy atom. The van der Waals surface area contributed by atoms with Gasteiger partial charge in [0.05, 0.1) is 0 Å². The van der Waals surface area contributed by atoms with Crippen molar-refractivity contribution >= 4 is 5.82 Å². The van der Waals surface area contributed by atoms with Crippen molar-refractivity contribution in [2.24, 2.45) is 0 Å². The van der Waals surface area contributed by atoms with E-state index in [4.69, 9.17) is 5.73 Å². The van der Waals surface area contributed by atoms with Crippen LogP contribution in [-0.4, -0.2) is 9.97 Å². The average molecular weight is 128 g/mol. The highest BCUT2D eigenvalue weighted by Crippen LogP contribution is 1.97. The maximum absolute atomic E-state index is 10.4. The van der Waals surface area contributed by atoms with Crippen LogP contribution in [0.5, 0.6) is 0 Å². The van der Waals surface area contributed by atoms with Crippen molar-refractivity contribution in [1.82, 2.24) is 9.97 Å². The van der Waals surface area contributed by atoms with Gasteiger partial charge in [0.1, 0.15) is 5.82 Å². The number of anilines is 1. The zero-order valence-corrected chi connectivity index (χ0v) is 5.01. The molecule has 3 N–H and O–H groups in total. The van der Waals surface area contributed by atoms with Gasteiger partial charge >= 0.3 is 5.69 Å². The zero-order valence-electron chi connectivity index (χ0n) is 5.01. The molecule has 0 aromatic carbocycles. The van der Waals surface area contributed by atoms with E-state index in [-0.39, 0.29) is 0 Å². The SMILES string of the molecule is [13CH3]c1c[15n]c(=O)[15nH]c1N. The van der Waals surface area contributed by atoms with Crippen molar-refractivity contribution in [3.05, 3.63) is 22.2 Å². The van der Waals surface area contributed by atoms with E-state index < -0.39 is 5.69 Å². The molecule has 0 aliphatic carbocycles. The fourth-order valence-corrected chi connectivity index (χ4v) is 0.471. The molecular weight excluding hydrogens is 121 g/mol. The number of H-pyrrole nitrogens is 1. The van der Waals surface area contributed by atoms with Gasteiger partial charge in [-0.15, -0.1) is 0 Å². The molecule has 1 aromatic rings. The molecule has 0 atom stereocenters. The van der Waals surface area contributed by atoms with Crippen LogP contribution < -0.4 is 11.4 Å². The molecular formula is C5H7N3O. The number of aryl methyl sites for hydroxylation is 1. The monoisotopic (exact) mass is 128 g/mol. The molecule has 4 heteroatoms. The summed E-state index contributed by atoms with van der Waals surface area (Å²) < 4.78 is 0. The molecule has 0 radical (unpaired) electrons. The second-order valence-corrected chi connectivity index (χ2v) is 1.79. The third kappa shape index (κ3) is 1.07. The largest absolute Gasteiger partial charge is 0.385 e. The van der Waals surface area contributed by atoms with Crippen LogP contribution >= 0.6 is 0 Å². The van der Waals surface area contributed by atoms with Gasteiger partial charge in [-0.3, -0.25) is 4.98 Å². The highest BCUT2D eigenvalue weighted by molar-refractivity contribution is 5.34. The molecule has 0 saturated heterocycles. The molecule has 0 aliphatic rings. The third-order valence-electron chi connectivity index (χ3n) is 1.04. The Balaban J connectivity index is 3.34. The zero-order chi connectivity index (χ0) is 6.85. The molecule has 0 aliphatic heterocycles. The summed E-state index contributed by atoms with van der Waals surface area (Å²) in [5, 5.41) is 0. The van der Waals surface area contributed by atoms with Crippen LogP contribution in [0.1, 0.15) is 5.56 Å². The van der Waals surface area contributed by atoms with Crippen molar-refractivity contribution in [2.75, 3.05) is 5.73 Å². The fourth-order valence-electron chi connectivity index (χ4n) is 0.471. The number of nitrogens with two attached hydrogens (primary N) is 1. The van der Waals surface area contributed by atoms with E-state index in [1.165, 1.54) is 6.20 Å². The minimum absolute atomic E-state index is 0.384. The number of hydrogen-bond acceptors (Lipinski definition) is 3. The van der Waals surface area contributed by atoms with Gasteiger partial charge in [-0.25, -0.2) is 9.78 Å². The van der Waals surface area contributed by atoms with E-state index >= 15 is 0 Å². The van der Waals surface area contributed by atoms with E-state index in [1.54, 1.807) is 6.92 Å². The topological polar surface area (TPSA) is 71.8 Å². The third-order valence-corrected chi connectivity index (χ3v) is 1.04. The van der Waals surface area contributed by atoms with Crippen molar-refractivity contribution < 1.29 is 0 Å². The summed E-state index contributed by atoms with van der Waals surface area (Å²) in [6, 6.07) is 0. The Morgan fingerprint density at radius 2 is 2.44 bits per heavy atom. The van der Waals surface area contributed by atoms with E-state index in [1.807, 2.05) is 0 Å². The molecule has 0 fully saturated rings. The average Bonchev–Trinajstić information content (AvgIpc) is 1.80. The smallest absolute Gasteiger partial charge is 0.346 e. The molecule has 0 spiro atoms. The van der Waals surface area contributed by atoms with Crippen molar-refractivity contribution in [1.29, 1.82) is 0 Å². The minimum Gasteiger partial charge on any atom is -0.385 e. The first-order chi connectivity index (χ1) is 4.20. The Labute approximate surface area is 51.7 Å². The second-order valence-electron chi connectivity index (χ2n) is 1.79. The van der Waals surface area contributed by atoms with Crippen LogP contribution in [0, 0.1) is 6.92 Å². The first kappa shape index (κ1) is 5.81. The van der Waals surface area contributed by atoms with Crippen LogP contribution in [0.3, 0.4) is 0 Å². The van der Waals surface area contributed by atoms with Gasteiger partial charge < -0.3 is 5.73 Å². The van der Waals surface area contributed by atoms with Gasteiger partial charge in [0.15, 0.2) is 0 Å². The van der Waals surface area contributed by atoms with Gasteiger partial charge in [-0.05, 0) is 6.92 Å². The van der Waals surface area contributed by atoms with Crippen molar-refractivity contribution in [3.63, 3.8) is 0 Å².